The van der Waals surface area contributed by atoms with Crippen molar-refractivity contribution in [2.45, 2.75) is 86.9 Å². The first-order valence-corrected chi connectivity index (χ1v) is 19.8. The topological polar surface area (TPSA) is 18.5 Å². The van der Waals surface area contributed by atoms with Gasteiger partial charge in [0.2, 0.25) is 0 Å². The first-order valence-electron chi connectivity index (χ1n) is 17.7. The molecule has 7 rings (SSSR count). The molecule has 0 saturated heterocycles. The van der Waals surface area contributed by atoms with Crippen molar-refractivity contribution in [2.75, 3.05) is 0 Å². The fraction of sp³-hybridized carbons (Fsp3) is 0.289. The Labute approximate surface area is 296 Å². The third kappa shape index (κ3) is 6.20. The molecule has 6 aromatic rings. The second kappa shape index (κ2) is 13.7. The third-order valence-corrected chi connectivity index (χ3v) is 13.3. The van der Waals surface area contributed by atoms with Crippen LogP contribution in [-0.2, 0) is 0 Å². The van der Waals surface area contributed by atoms with Gasteiger partial charge in [-0.05, 0) is 164 Å². The number of benzene rings is 4. The van der Waals surface area contributed by atoms with Gasteiger partial charge in [0.25, 0.3) is 0 Å². The van der Waals surface area contributed by atoms with E-state index in [1.807, 2.05) is 0 Å². The molecule has 1 saturated carbocycles. The quantitative estimate of drug-likeness (QED) is 0.159. The molecule has 0 amide bonds. The lowest BCUT2D eigenvalue weighted by molar-refractivity contribution is 0.0844. The summed E-state index contributed by atoms with van der Waals surface area (Å²) in [5, 5.41) is 0. The van der Waals surface area contributed by atoms with Gasteiger partial charge in [-0.25, -0.2) is 0 Å². The number of rotatable bonds is 8. The normalized spacial score (nSPS) is 16.2. The van der Waals surface area contributed by atoms with E-state index in [0.717, 1.165) is 30.2 Å². The number of hydrogen-bond acceptors (Lipinski definition) is 2. The lowest BCUT2D eigenvalue weighted by atomic mass is 9.90. The Morgan fingerprint density at radius 1 is 0.429 bits per heavy atom. The predicted molar refractivity (Wildman–Crippen MR) is 214 cm³/mol. The van der Waals surface area contributed by atoms with Gasteiger partial charge in [-0.15, -0.1) is 0 Å². The molecule has 1 aliphatic carbocycles. The second-order valence-corrected chi connectivity index (χ2v) is 16.1. The van der Waals surface area contributed by atoms with E-state index in [-0.39, 0.29) is 12.2 Å². The van der Waals surface area contributed by atoms with Crippen LogP contribution in [0, 0.1) is 55.4 Å². The van der Waals surface area contributed by atoms with Crippen LogP contribution in [0.5, 0.6) is 11.0 Å². The van der Waals surface area contributed by atoms with Crippen LogP contribution in [0.1, 0.15) is 63.8 Å². The van der Waals surface area contributed by atoms with E-state index in [4.69, 9.17) is 9.47 Å². The minimum absolute atomic E-state index is 0.0101. The predicted octanol–water partition coefficient (Wildman–Crippen LogP) is 13.3. The first kappa shape index (κ1) is 33.5. The summed E-state index contributed by atoms with van der Waals surface area (Å²) in [5.41, 5.74) is 23.1. The molecule has 49 heavy (non-hydrogen) atoms. The van der Waals surface area contributed by atoms with Gasteiger partial charge < -0.3 is 9.47 Å². The van der Waals surface area contributed by atoms with E-state index in [2.05, 4.69) is 140 Å². The molecule has 4 heteroatoms. The number of aryl methyl sites for hydroxylation is 4. The van der Waals surface area contributed by atoms with Crippen molar-refractivity contribution in [3.63, 3.8) is 0 Å². The first-order chi connectivity index (χ1) is 23.6. The standard InChI is InChI=1S/C45H48O2P2/c1-26-14-9-18-34(30(26)5)38-24-48-44(42(38)36-20-11-16-28(3)32(36)7)46-40-22-13-23-41(40)47-45-43(37-21-12-17-29(4)33(37)8)39(25-49-45)35-19-10-15-27(2)31(35)6/h9-12,14-21,24-25,40-41,48-49H,13,22-23H2,1-8H3. The summed E-state index contributed by atoms with van der Waals surface area (Å²) >= 11 is 0. The minimum Gasteiger partial charge on any atom is -0.482 e. The Hall–Kier alpha value is -3.96. The smallest absolute Gasteiger partial charge is 0.143 e. The average Bonchev–Trinajstić information content (AvgIpc) is 3.82. The molecule has 2 aromatic heterocycles. The van der Waals surface area contributed by atoms with Crippen molar-refractivity contribution in [1.82, 2.24) is 0 Å². The van der Waals surface area contributed by atoms with E-state index in [1.54, 1.807) is 0 Å². The van der Waals surface area contributed by atoms with E-state index in [1.165, 1.54) is 89.0 Å². The number of ether oxygens (including phenoxy) is 2. The van der Waals surface area contributed by atoms with Crippen molar-refractivity contribution >= 4 is 16.4 Å². The SMILES string of the molecule is Cc1cccc(-c2c[pH]c(OC3CCCC3Oc3[pH]cc(-c4cccc(C)c4C)c3-c3cccc(C)c3C)c2-c2cccc(C)c2C)c1C. The Kier molecular flexibility index (Phi) is 9.41. The monoisotopic (exact) mass is 682 g/mol. The number of hydrogen-bond donors (Lipinski definition) is 0. The van der Waals surface area contributed by atoms with Crippen LogP contribution in [0.25, 0.3) is 44.5 Å². The summed E-state index contributed by atoms with van der Waals surface area (Å²) < 4.78 is 14.4. The zero-order valence-corrected chi connectivity index (χ0v) is 32.2. The van der Waals surface area contributed by atoms with Gasteiger partial charge in [0.15, 0.2) is 0 Å². The zero-order valence-electron chi connectivity index (χ0n) is 30.2. The van der Waals surface area contributed by atoms with Crippen LogP contribution >= 0.6 is 16.4 Å². The maximum atomic E-state index is 7.19. The van der Waals surface area contributed by atoms with Crippen molar-refractivity contribution < 1.29 is 9.47 Å². The minimum atomic E-state index is 0.0101. The highest BCUT2D eigenvalue weighted by atomic mass is 31.0. The Morgan fingerprint density at radius 3 is 1.12 bits per heavy atom. The van der Waals surface area contributed by atoms with Crippen molar-refractivity contribution in [3.8, 4) is 55.5 Å². The molecule has 0 spiro atoms. The molecule has 1 aliphatic rings. The lowest BCUT2D eigenvalue weighted by Crippen LogP contribution is -2.31. The highest BCUT2D eigenvalue weighted by Crippen LogP contribution is 2.52. The summed E-state index contributed by atoms with van der Waals surface area (Å²) in [6.07, 6.45) is 3.13. The van der Waals surface area contributed by atoms with Gasteiger partial charge in [-0.1, -0.05) is 89.2 Å². The second-order valence-electron chi connectivity index (χ2n) is 14.0. The van der Waals surface area contributed by atoms with Gasteiger partial charge in [0.05, 0.1) is 0 Å². The van der Waals surface area contributed by atoms with Crippen molar-refractivity contribution in [3.05, 3.63) is 129 Å². The van der Waals surface area contributed by atoms with Crippen LogP contribution in [-0.4, -0.2) is 12.2 Å². The van der Waals surface area contributed by atoms with Crippen molar-refractivity contribution in [1.29, 1.82) is 0 Å². The molecule has 2 nitrogen and oxygen atoms in total. The van der Waals surface area contributed by atoms with E-state index >= 15 is 0 Å². The summed E-state index contributed by atoms with van der Waals surface area (Å²) in [7, 11) is 0.972. The molecule has 0 radical (unpaired) electrons. The Morgan fingerprint density at radius 2 is 0.755 bits per heavy atom. The third-order valence-electron chi connectivity index (χ3n) is 11.2. The fourth-order valence-electron chi connectivity index (χ4n) is 7.55. The van der Waals surface area contributed by atoms with Crippen LogP contribution in [0.2, 0.25) is 0 Å². The Balaban J connectivity index is 1.28. The summed E-state index contributed by atoms with van der Waals surface area (Å²) in [5.74, 6) is 4.83. The molecular weight excluding hydrogens is 634 g/mol. The van der Waals surface area contributed by atoms with E-state index in [0.29, 0.717) is 16.4 Å². The van der Waals surface area contributed by atoms with Crippen LogP contribution in [0.4, 0.5) is 0 Å². The molecule has 4 unspecified atom stereocenters. The largest absolute Gasteiger partial charge is 0.482 e. The van der Waals surface area contributed by atoms with Gasteiger partial charge in [-0.3, -0.25) is 0 Å². The molecule has 4 atom stereocenters. The van der Waals surface area contributed by atoms with Crippen molar-refractivity contribution in [2.24, 2.45) is 0 Å². The molecule has 0 aliphatic heterocycles. The molecule has 250 valence electrons. The molecule has 4 aromatic carbocycles. The Bertz CT molecular complexity index is 2010. The molecule has 0 bridgehead atoms. The fourth-order valence-corrected chi connectivity index (χ4v) is 9.96. The molecule has 1 fully saturated rings. The van der Waals surface area contributed by atoms with Crippen LogP contribution < -0.4 is 9.47 Å². The van der Waals surface area contributed by atoms with Crippen LogP contribution in [0.15, 0.2) is 84.4 Å². The van der Waals surface area contributed by atoms with Gasteiger partial charge in [-0.2, -0.15) is 0 Å². The summed E-state index contributed by atoms with van der Waals surface area (Å²) in [6, 6.07) is 26.7. The maximum Gasteiger partial charge on any atom is 0.143 e. The van der Waals surface area contributed by atoms with Gasteiger partial charge in [0.1, 0.15) is 23.2 Å². The molecule has 0 N–H and O–H groups in total. The van der Waals surface area contributed by atoms with E-state index in [9.17, 15) is 0 Å². The maximum absolute atomic E-state index is 7.19. The zero-order chi connectivity index (χ0) is 34.4. The summed E-state index contributed by atoms with van der Waals surface area (Å²) in [6.45, 7) is 17.8. The summed E-state index contributed by atoms with van der Waals surface area (Å²) in [4.78, 5) is 0. The molecule has 2 heterocycles. The van der Waals surface area contributed by atoms with Crippen LogP contribution in [0.3, 0.4) is 0 Å². The lowest BCUT2D eigenvalue weighted by Gasteiger charge is -2.24. The highest BCUT2D eigenvalue weighted by molar-refractivity contribution is 7.33. The van der Waals surface area contributed by atoms with Gasteiger partial charge in [0, 0.05) is 11.1 Å². The van der Waals surface area contributed by atoms with Gasteiger partial charge >= 0.3 is 0 Å². The molecular formula is C45H48O2P2. The highest BCUT2D eigenvalue weighted by Gasteiger charge is 2.34. The average molecular weight is 683 g/mol. The van der Waals surface area contributed by atoms with E-state index < -0.39 is 0 Å².